The van der Waals surface area contributed by atoms with E-state index in [2.05, 4.69) is 11.2 Å². The van der Waals surface area contributed by atoms with E-state index in [9.17, 15) is 9.59 Å². The van der Waals surface area contributed by atoms with Crippen LogP contribution in [-0.4, -0.2) is 41.6 Å². The van der Waals surface area contributed by atoms with Crippen molar-refractivity contribution in [2.24, 2.45) is 0 Å². The van der Waals surface area contributed by atoms with E-state index >= 15 is 0 Å². The number of urea groups is 1. The van der Waals surface area contributed by atoms with Gasteiger partial charge in [-0.3, -0.25) is 4.79 Å². The molecule has 2 N–H and O–H groups in total. The van der Waals surface area contributed by atoms with Gasteiger partial charge >= 0.3 is 12.0 Å². The quantitative estimate of drug-likeness (QED) is 0.773. The van der Waals surface area contributed by atoms with Gasteiger partial charge in [-0.05, 0) is 11.5 Å². The van der Waals surface area contributed by atoms with E-state index in [4.69, 9.17) is 11.5 Å². The smallest absolute Gasteiger partial charge is 0.323 e. The summed E-state index contributed by atoms with van der Waals surface area (Å²) >= 11 is 0. The van der Waals surface area contributed by atoms with E-state index in [-0.39, 0.29) is 12.5 Å². The maximum Gasteiger partial charge on any atom is 0.323 e. The molecule has 0 spiro atoms. The fourth-order valence-electron chi connectivity index (χ4n) is 1.72. The number of amides is 2. The highest BCUT2D eigenvalue weighted by Gasteiger charge is 2.16. The lowest BCUT2D eigenvalue weighted by atomic mass is 10.0. The van der Waals surface area contributed by atoms with E-state index in [1.165, 1.54) is 0 Å². The fraction of sp³-hybridized carbons (Fsp3) is 0.333. The Morgan fingerprint density at radius 3 is 2.60 bits per heavy atom. The average Bonchev–Trinajstić information content (AvgIpc) is 2.44. The summed E-state index contributed by atoms with van der Waals surface area (Å²) in [6.45, 7) is 1.97. The SMILES string of the molecule is C#CCN(CC(=O)O)C(=O)NCC(C)c1ccccc1. The van der Waals surface area contributed by atoms with Gasteiger partial charge in [-0.1, -0.05) is 43.2 Å². The fourth-order valence-corrected chi connectivity index (χ4v) is 1.72. The number of aliphatic carboxylic acids is 1. The molecule has 0 saturated carbocycles. The van der Waals surface area contributed by atoms with Crippen molar-refractivity contribution >= 4 is 12.0 Å². The minimum absolute atomic E-state index is 0.0299. The third-order valence-corrected chi connectivity index (χ3v) is 2.82. The number of carbonyl (C=O) groups is 2. The van der Waals surface area contributed by atoms with E-state index in [0.717, 1.165) is 10.5 Å². The van der Waals surface area contributed by atoms with Crippen molar-refractivity contribution in [3.05, 3.63) is 35.9 Å². The first-order valence-corrected chi connectivity index (χ1v) is 6.27. The van der Waals surface area contributed by atoms with Gasteiger partial charge in [-0.2, -0.15) is 0 Å². The molecule has 1 aromatic rings. The third-order valence-electron chi connectivity index (χ3n) is 2.82. The van der Waals surface area contributed by atoms with Crippen LogP contribution in [0.15, 0.2) is 30.3 Å². The molecule has 1 unspecified atom stereocenters. The van der Waals surface area contributed by atoms with Crippen molar-refractivity contribution in [3.8, 4) is 12.3 Å². The van der Waals surface area contributed by atoms with Crippen molar-refractivity contribution in [3.63, 3.8) is 0 Å². The summed E-state index contributed by atoms with van der Waals surface area (Å²) in [7, 11) is 0. The Hall–Kier alpha value is -2.48. The highest BCUT2D eigenvalue weighted by molar-refractivity contribution is 5.80. The molecule has 106 valence electrons. The highest BCUT2D eigenvalue weighted by atomic mass is 16.4. The molecule has 1 atom stereocenters. The Bertz CT molecular complexity index is 494. The molecule has 1 rings (SSSR count). The predicted molar refractivity (Wildman–Crippen MR) is 76.3 cm³/mol. The molecule has 20 heavy (non-hydrogen) atoms. The molecule has 0 fully saturated rings. The third kappa shape index (κ3) is 5.02. The van der Waals surface area contributed by atoms with E-state index in [0.29, 0.717) is 6.54 Å². The zero-order valence-corrected chi connectivity index (χ0v) is 11.4. The molecule has 0 aliphatic rings. The summed E-state index contributed by atoms with van der Waals surface area (Å²) in [4.78, 5) is 23.6. The zero-order chi connectivity index (χ0) is 15.0. The molecule has 1 aromatic carbocycles. The van der Waals surface area contributed by atoms with Crippen LogP contribution in [0.3, 0.4) is 0 Å². The first kappa shape index (κ1) is 15.6. The van der Waals surface area contributed by atoms with Crippen LogP contribution in [0.1, 0.15) is 18.4 Å². The van der Waals surface area contributed by atoms with Crippen molar-refractivity contribution < 1.29 is 14.7 Å². The number of nitrogens with zero attached hydrogens (tertiary/aromatic N) is 1. The Morgan fingerprint density at radius 1 is 1.40 bits per heavy atom. The monoisotopic (exact) mass is 274 g/mol. The number of carboxylic acids is 1. The minimum Gasteiger partial charge on any atom is -0.480 e. The molecule has 0 saturated heterocycles. The number of nitrogens with one attached hydrogen (secondary N) is 1. The molecule has 0 aromatic heterocycles. The van der Waals surface area contributed by atoms with E-state index < -0.39 is 18.5 Å². The molecule has 5 nitrogen and oxygen atoms in total. The second-order valence-electron chi connectivity index (χ2n) is 4.45. The van der Waals surface area contributed by atoms with Gasteiger partial charge in [-0.15, -0.1) is 6.42 Å². The number of hydrogen-bond acceptors (Lipinski definition) is 2. The van der Waals surface area contributed by atoms with Gasteiger partial charge < -0.3 is 15.3 Å². The molecule has 0 aliphatic heterocycles. The number of carbonyl (C=O) groups excluding carboxylic acids is 1. The van der Waals surface area contributed by atoms with Crippen molar-refractivity contribution in [2.45, 2.75) is 12.8 Å². The molecular weight excluding hydrogens is 256 g/mol. The second kappa shape index (κ2) is 7.85. The summed E-state index contributed by atoms with van der Waals surface area (Å²) in [6, 6.07) is 9.29. The molecule has 0 bridgehead atoms. The topological polar surface area (TPSA) is 69.6 Å². The maximum atomic E-state index is 11.9. The van der Waals surface area contributed by atoms with Gasteiger partial charge in [0.05, 0.1) is 6.54 Å². The Balaban J connectivity index is 2.52. The Morgan fingerprint density at radius 2 is 2.05 bits per heavy atom. The summed E-state index contributed by atoms with van der Waals surface area (Å²) in [5.74, 6) is 1.32. The van der Waals surface area contributed by atoms with E-state index in [1.807, 2.05) is 37.3 Å². The van der Waals surface area contributed by atoms with Gasteiger partial charge in [0.2, 0.25) is 0 Å². The lowest BCUT2D eigenvalue weighted by Gasteiger charge is -2.20. The van der Waals surface area contributed by atoms with Crippen LogP contribution in [0.5, 0.6) is 0 Å². The summed E-state index contributed by atoms with van der Waals surface area (Å²) < 4.78 is 0. The standard InChI is InChI=1S/C15H18N2O3/c1-3-9-17(11-14(18)19)15(20)16-10-12(2)13-7-5-4-6-8-13/h1,4-8,12H,9-11H2,2H3,(H,16,20)(H,18,19). The van der Waals surface area contributed by atoms with Gasteiger partial charge in [0.25, 0.3) is 0 Å². The van der Waals surface area contributed by atoms with Crippen LogP contribution in [0, 0.1) is 12.3 Å². The zero-order valence-electron chi connectivity index (χ0n) is 11.4. The lowest BCUT2D eigenvalue weighted by molar-refractivity contribution is -0.137. The van der Waals surface area contributed by atoms with Gasteiger partial charge in [0, 0.05) is 6.54 Å². The van der Waals surface area contributed by atoms with Gasteiger partial charge in [0.1, 0.15) is 6.54 Å². The van der Waals surface area contributed by atoms with Crippen molar-refractivity contribution in [2.75, 3.05) is 19.6 Å². The van der Waals surface area contributed by atoms with E-state index in [1.54, 1.807) is 0 Å². The Kier molecular flexibility index (Phi) is 6.11. The molecule has 0 heterocycles. The lowest BCUT2D eigenvalue weighted by Crippen LogP contribution is -2.44. The maximum absolute atomic E-state index is 11.9. The molecule has 2 amide bonds. The largest absolute Gasteiger partial charge is 0.480 e. The normalized spacial score (nSPS) is 11.2. The van der Waals surface area contributed by atoms with Crippen molar-refractivity contribution in [1.29, 1.82) is 0 Å². The summed E-state index contributed by atoms with van der Waals surface area (Å²) in [5.41, 5.74) is 1.11. The van der Waals surface area contributed by atoms with Crippen LogP contribution in [0.4, 0.5) is 4.79 Å². The number of benzene rings is 1. The van der Waals surface area contributed by atoms with Gasteiger partial charge in [-0.25, -0.2) is 4.79 Å². The average molecular weight is 274 g/mol. The van der Waals surface area contributed by atoms with Crippen LogP contribution in [0.2, 0.25) is 0 Å². The Labute approximate surface area is 118 Å². The highest BCUT2D eigenvalue weighted by Crippen LogP contribution is 2.13. The predicted octanol–water partition coefficient (Wildman–Crippen LogP) is 1.52. The van der Waals surface area contributed by atoms with Crippen molar-refractivity contribution in [1.82, 2.24) is 10.2 Å². The van der Waals surface area contributed by atoms with Crippen LogP contribution >= 0.6 is 0 Å². The van der Waals surface area contributed by atoms with Crippen LogP contribution in [0.25, 0.3) is 0 Å². The first-order valence-electron chi connectivity index (χ1n) is 6.27. The summed E-state index contributed by atoms with van der Waals surface area (Å²) in [6.07, 6.45) is 5.13. The first-order chi connectivity index (χ1) is 9.54. The number of hydrogen-bond donors (Lipinski definition) is 2. The number of rotatable bonds is 6. The van der Waals surface area contributed by atoms with Crippen LogP contribution < -0.4 is 5.32 Å². The number of carboxylic acid groups (broad SMARTS) is 1. The molecular formula is C15H18N2O3. The molecule has 0 radical (unpaired) electrons. The van der Waals surface area contributed by atoms with Crippen LogP contribution in [-0.2, 0) is 4.79 Å². The molecule has 5 heteroatoms. The molecule has 0 aliphatic carbocycles. The van der Waals surface area contributed by atoms with Gasteiger partial charge in [0.15, 0.2) is 0 Å². The second-order valence-corrected chi connectivity index (χ2v) is 4.45. The number of terminal acetylenes is 1. The summed E-state index contributed by atoms with van der Waals surface area (Å²) in [5, 5.41) is 11.4. The minimum atomic E-state index is -1.09.